The second kappa shape index (κ2) is 8.25. The molecule has 21 heavy (non-hydrogen) atoms. The van der Waals surface area contributed by atoms with Crippen LogP contribution in [0.25, 0.3) is 0 Å². The van der Waals surface area contributed by atoms with Gasteiger partial charge in [0.15, 0.2) is 0 Å². The summed E-state index contributed by atoms with van der Waals surface area (Å²) in [6.45, 7) is 7.71. The molecule has 4 nitrogen and oxygen atoms in total. The number of hydrogen-bond acceptors (Lipinski definition) is 4. The predicted molar refractivity (Wildman–Crippen MR) is 89.1 cm³/mol. The highest BCUT2D eigenvalue weighted by Gasteiger charge is 2.18. The van der Waals surface area contributed by atoms with E-state index < -0.39 is 0 Å². The van der Waals surface area contributed by atoms with E-state index in [2.05, 4.69) is 28.9 Å². The molecule has 1 aromatic carbocycles. The summed E-state index contributed by atoms with van der Waals surface area (Å²) in [5, 5.41) is 0. The Bertz CT molecular complexity index is 414. The fraction of sp³-hybridized carbons (Fsp3) is 0.647. The molecule has 0 bridgehead atoms. The first-order chi connectivity index (χ1) is 10.2. The van der Waals surface area contributed by atoms with Crippen LogP contribution >= 0.6 is 0 Å². The Kier molecular flexibility index (Phi) is 6.33. The number of methoxy groups -OCH3 is 1. The molecule has 1 heterocycles. The van der Waals surface area contributed by atoms with Gasteiger partial charge in [0.2, 0.25) is 0 Å². The summed E-state index contributed by atoms with van der Waals surface area (Å²) in [5.41, 5.74) is 7.01. The number of benzene rings is 1. The lowest BCUT2D eigenvalue weighted by Gasteiger charge is -2.36. The molecule has 0 radical (unpaired) electrons. The monoisotopic (exact) mass is 291 g/mol. The van der Waals surface area contributed by atoms with E-state index in [1.165, 1.54) is 25.1 Å². The van der Waals surface area contributed by atoms with E-state index in [9.17, 15) is 0 Å². The van der Waals surface area contributed by atoms with Crippen molar-refractivity contribution in [3.8, 4) is 5.75 Å². The van der Waals surface area contributed by atoms with Gasteiger partial charge in [0.05, 0.1) is 12.8 Å². The molecule has 0 aliphatic carbocycles. The summed E-state index contributed by atoms with van der Waals surface area (Å²) in [7, 11) is 1.74. The molecule has 1 aliphatic rings. The first-order valence-corrected chi connectivity index (χ1v) is 8.06. The van der Waals surface area contributed by atoms with Crippen LogP contribution < -0.4 is 15.4 Å². The van der Waals surface area contributed by atoms with Crippen LogP contribution in [0.15, 0.2) is 24.3 Å². The molecular weight excluding hydrogens is 262 g/mol. The Balaban J connectivity index is 1.75. The van der Waals surface area contributed by atoms with Crippen molar-refractivity contribution in [2.75, 3.05) is 44.7 Å². The molecule has 0 aromatic heterocycles. The van der Waals surface area contributed by atoms with Gasteiger partial charge < -0.3 is 15.4 Å². The first kappa shape index (κ1) is 16.1. The highest BCUT2D eigenvalue weighted by atomic mass is 16.5. The van der Waals surface area contributed by atoms with Crippen molar-refractivity contribution in [2.45, 2.75) is 32.2 Å². The highest BCUT2D eigenvalue weighted by molar-refractivity contribution is 5.58. The van der Waals surface area contributed by atoms with Crippen LogP contribution in [0.3, 0.4) is 0 Å². The maximum atomic E-state index is 5.79. The number of nitrogens with two attached hydrogens (primary N) is 1. The molecule has 0 amide bonds. The van der Waals surface area contributed by atoms with E-state index in [0.717, 1.165) is 38.3 Å². The lowest BCUT2D eigenvalue weighted by molar-refractivity contribution is 0.251. The Morgan fingerprint density at radius 2 is 1.86 bits per heavy atom. The highest BCUT2D eigenvalue weighted by Crippen LogP contribution is 2.28. The third-order valence-corrected chi connectivity index (χ3v) is 4.18. The van der Waals surface area contributed by atoms with E-state index in [4.69, 9.17) is 10.5 Å². The number of piperazine rings is 1. The van der Waals surface area contributed by atoms with E-state index in [1.54, 1.807) is 7.11 Å². The molecule has 2 N–H and O–H groups in total. The van der Waals surface area contributed by atoms with Gasteiger partial charge in [-0.25, -0.2) is 0 Å². The van der Waals surface area contributed by atoms with E-state index in [-0.39, 0.29) is 0 Å². The number of ether oxygens (including phenoxy) is 1. The lowest BCUT2D eigenvalue weighted by atomic mass is 10.1. The number of para-hydroxylation sites is 2. The predicted octanol–water partition coefficient (Wildman–Crippen LogP) is 2.33. The Hall–Kier alpha value is -1.26. The summed E-state index contributed by atoms with van der Waals surface area (Å²) in [6.07, 6.45) is 3.64. The van der Waals surface area contributed by atoms with Crippen LogP contribution in [-0.4, -0.2) is 50.8 Å². The van der Waals surface area contributed by atoms with Crippen LogP contribution in [0.5, 0.6) is 5.75 Å². The van der Waals surface area contributed by atoms with Crippen LogP contribution in [0.4, 0.5) is 5.69 Å². The number of unbranched alkanes of at least 4 members (excludes halogenated alkanes) is 1. The number of hydrogen-bond donors (Lipinski definition) is 1. The van der Waals surface area contributed by atoms with Crippen LogP contribution in [-0.2, 0) is 0 Å². The van der Waals surface area contributed by atoms with Gasteiger partial charge in [-0.2, -0.15) is 0 Å². The van der Waals surface area contributed by atoms with Crippen LogP contribution in [0, 0.1) is 0 Å². The van der Waals surface area contributed by atoms with Gasteiger partial charge in [-0.15, -0.1) is 0 Å². The van der Waals surface area contributed by atoms with E-state index >= 15 is 0 Å². The first-order valence-electron chi connectivity index (χ1n) is 8.06. The molecule has 0 spiro atoms. The molecule has 1 fully saturated rings. The fourth-order valence-corrected chi connectivity index (χ4v) is 2.91. The zero-order valence-electron chi connectivity index (χ0n) is 13.4. The molecule has 2 rings (SSSR count). The van der Waals surface area contributed by atoms with E-state index in [1.807, 2.05) is 12.1 Å². The Morgan fingerprint density at radius 3 is 2.52 bits per heavy atom. The van der Waals surface area contributed by atoms with Crippen molar-refractivity contribution in [2.24, 2.45) is 5.73 Å². The smallest absolute Gasteiger partial charge is 0.142 e. The van der Waals surface area contributed by atoms with Gasteiger partial charge in [-0.1, -0.05) is 18.6 Å². The zero-order chi connectivity index (χ0) is 15.1. The third kappa shape index (κ3) is 4.90. The van der Waals surface area contributed by atoms with Gasteiger partial charge >= 0.3 is 0 Å². The Labute approximate surface area is 128 Å². The SMILES string of the molecule is COc1ccccc1N1CCN(CCCCC(C)N)CC1. The number of anilines is 1. The lowest BCUT2D eigenvalue weighted by Crippen LogP contribution is -2.46. The summed E-state index contributed by atoms with van der Waals surface area (Å²) >= 11 is 0. The molecule has 1 aliphatic heterocycles. The quantitative estimate of drug-likeness (QED) is 0.783. The van der Waals surface area contributed by atoms with Gasteiger partial charge in [0, 0.05) is 32.2 Å². The molecule has 4 heteroatoms. The summed E-state index contributed by atoms with van der Waals surface area (Å²) in [4.78, 5) is 4.99. The van der Waals surface area contributed by atoms with Crippen molar-refractivity contribution in [1.29, 1.82) is 0 Å². The maximum Gasteiger partial charge on any atom is 0.142 e. The van der Waals surface area contributed by atoms with Crippen LogP contribution in [0.1, 0.15) is 26.2 Å². The van der Waals surface area contributed by atoms with Crippen molar-refractivity contribution < 1.29 is 4.74 Å². The third-order valence-electron chi connectivity index (χ3n) is 4.18. The van der Waals surface area contributed by atoms with Crippen molar-refractivity contribution in [1.82, 2.24) is 4.90 Å². The summed E-state index contributed by atoms with van der Waals surface area (Å²) < 4.78 is 5.46. The average Bonchev–Trinajstić information content (AvgIpc) is 2.52. The number of rotatable bonds is 7. The van der Waals surface area contributed by atoms with Crippen molar-refractivity contribution >= 4 is 5.69 Å². The average molecular weight is 291 g/mol. The standard InChI is InChI=1S/C17H29N3O/c1-15(18)7-5-6-10-19-11-13-20(14-12-19)16-8-3-4-9-17(16)21-2/h3-4,8-9,15H,5-7,10-14,18H2,1-2H3. The van der Waals surface area contributed by atoms with Gasteiger partial charge in [-0.05, 0) is 38.4 Å². The molecule has 1 saturated heterocycles. The molecule has 1 aromatic rings. The molecule has 118 valence electrons. The van der Waals surface area contributed by atoms with Crippen LogP contribution in [0.2, 0.25) is 0 Å². The van der Waals surface area contributed by atoms with Gasteiger partial charge in [0.1, 0.15) is 5.75 Å². The number of nitrogens with zero attached hydrogens (tertiary/aromatic N) is 2. The second-order valence-electron chi connectivity index (χ2n) is 5.97. The van der Waals surface area contributed by atoms with Gasteiger partial charge in [0.25, 0.3) is 0 Å². The molecular formula is C17H29N3O. The summed E-state index contributed by atoms with van der Waals surface area (Å²) in [5.74, 6) is 0.975. The minimum absolute atomic E-state index is 0.340. The molecule has 0 saturated carbocycles. The summed E-state index contributed by atoms with van der Waals surface area (Å²) in [6, 6.07) is 8.63. The second-order valence-corrected chi connectivity index (χ2v) is 5.97. The minimum Gasteiger partial charge on any atom is -0.495 e. The fourth-order valence-electron chi connectivity index (χ4n) is 2.91. The normalized spacial score (nSPS) is 17.8. The van der Waals surface area contributed by atoms with Crippen molar-refractivity contribution in [3.63, 3.8) is 0 Å². The Morgan fingerprint density at radius 1 is 1.14 bits per heavy atom. The van der Waals surface area contributed by atoms with Crippen molar-refractivity contribution in [3.05, 3.63) is 24.3 Å². The zero-order valence-corrected chi connectivity index (χ0v) is 13.4. The molecule has 1 unspecified atom stereocenters. The van der Waals surface area contributed by atoms with E-state index in [0.29, 0.717) is 6.04 Å². The van der Waals surface area contributed by atoms with Gasteiger partial charge in [-0.3, -0.25) is 4.90 Å². The molecule has 1 atom stereocenters. The minimum atomic E-state index is 0.340. The topological polar surface area (TPSA) is 41.7 Å². The largest absolute Gasteiger partial charge is 0.495 e. The maximum absolute atomic E-state index is 5.79.